The largest absolute Gasteiger partial charge is 0.479 e. The van der Waals surface area contributed by atoms with E-state index in [9.17, 15) is 19.8 Å². The van der Waals surface area contributed by atoms with Crippen molar-refractivity contribution in [1.29, 1.82) is 0 Å². The number of carboxylic acids is 1. The van der Waals surface area contributed by atoms with Gasteiger partial charge in [0.15, 0.2) is 11.3 Å². The number of anilines is 1. The summed E-state index contributed by atoms with van der Waals surface area (Å²) in [6.07, 6.45) is -0.533. The number of nitrogens with one attached hydrogen (secondary N) is 1. The lowest BCUT2D eigenvalue weighted by Gasteiger charge is -2.46. The summed E-state index contributed by atoms with van der Waals surface area (Å²) in [4.78, 5) is 26.3. The maximum atomic E-state index is 11.6. The molecule has 0 radical (unpaired) electrons. The smallest absolute Gasteiger partial charge is 0.351 e. The van der Waals surface area contributed by atoms with Crippen LogP contribution >= 0.6 is 0 Å². The SMILES string of the molecule is CC1(C(=O)O)Nc2ccnc(=O)n2C(C)(O)C1O. The van der Waals surface area contributed by atoms with Gasteiger partial charge in [-0.2, -0.15) is 0 Å². The maximum absolute atomic E-state index is 11.6. The Balaban J connectivity index is 2.72. The van der Waals surface area contributed by atoms with Crippen LogP contribution in [0.3, 0.4) is 0 Å². The van der Waals surface area contributed by atoms with E-state index < -0.39 is 29.0 Å². The Kier molecular flexibility index (Phi) is 2.46. The topological polar surface area (TPSA) is 125 Å². The Bertz CT molecular complexity index is 567. The Labute approximate surface area is 102 Å². The third-order valence-electron chi connectivity index (χ3n) is 3.20. The van der Waals surface area contributed by atoms with Crippen LogP contribution in [0.1, 0.15) is 13.8 Å². The number of carbonyl (C=O) groups is 1. The third-order valence-corrected chi connectivity index (χ3v) is 3.20. The molecule has 0 saturated carbocycles. The van der Waals surface area contributed by atoms with Gasteiger partial charge in [-0.15, -0.1) is 0 Å². The molecule has 2 rings (SSSR count). The zero-order valence-electron chi connectivity index (χ0n) is 9.78. The molecule has 18 heavy (non-hydrogen) atoms. The van der Waals surface area contributed by atoms with Gasteiger partial charge in [0.25, 0.3) is 0 Å². The first-order valence-electron chi connectivity index (χ1n) is 5.22. The third kappa shape index (κ3) is 1.42. The van der Waals surface area contributed by atoms with Crippen molar-refractivity contribution in [3.8, 4) is 0 Å². The van der Waals surface area contributed by atoms with Crippen LogP contribution in [0.25, 0.3) is 0 Å². The Hall–Kier alpha value is -1.93. The number of aliphatic hydroxyl groups is 2. The van der Waals surface area contributed by atoms with E-state index in [-0.39, 0.29) is 5.82 Å². The van der Waals surface area contributed by atoms with Gasteiger partial charge in [-0.25, -0.2) is 19.1 Å². The van der Waals surface area contributed by atoms with Crippen molar-refractivity contribution < 1.29 is 20.1 Å². The van der Waals surface area contributed by atoms with E-state index in [1.54, 1.807) is 0 Å². The highest BCUT2D eigenvalue weighted by molar-refractivity contribution is 5.83. The molecule has 8 nitrogen and oxygen atoms in total. The quantitative estimate of drug-likeness (QED) is 0.483. The van der Waals surface area contributed by atoms with Crippen molar-refractivity contribution in [3.05, 3.63) is 22.7 Å². The monoisotopic (exact) mass is 255 g/mol. The zero-order valence-corrected chi connectivity index (χ0v) is 9.78. The summed E-state index contributed by atoms with van der Waals surface area (Å²) in [6.45, 7) is 2.38. The van der Waals surface area contributed by atoms with Crippen molar-refractivity contribution >= 4 is 11.8 Å². The molecule has 0 spiro atoms. The molecular weight excluding hydrogens is 242 g/mol. The highest BCUT2D eigenvalue weighted by atomic mass is 16.4. The lowest BCUT2D eigenvalue weighted by atomic mass is 9.85. The number of aromatic nitrogens is 2. The van der Waals surface area contributed by atoms with Gasteiger partial charge in [0, 0.05) is 6.20 Å². The first kappa shape index (κ1) is 12.5. The molecule has 0 fully saturated rings. The van der Waals surface area contributed by atoms with Crippen LogP contribution in [0.5, 0.6) is 0 Å². The first-order valence-corrected chi connectivity index (χ1v) is 5.22. The number of aliphatic carboxylic acids is 1. The first-order chi connectivity index (χ1) is 8.21. The summed E-state index contributed by atoms with van der Waals surface area (Å²) in [6, 6.07) is 1.35. The fourth-order valence-corrected chi connectivity index (χ4v) is 2.12. The summed E-state index contributed by atoms with van der Waals surface area (Å²) in [5.74, 6) is -1.26. The van der Waals surface area contributed by atoms with Gasteiger partial charge in [0.05, 0.1) is 0 Å². The molecule has 4 N–H and O–H groups in total. The molecule has 1 aliphatic rings. The standard InChI is InChI=1S/C10H13N3O5/c1-9(7(15)16)6(14)10(2,18)13-5(12-9)3-4-11-8(13)17/h3-4,6,12,14,18H,1-2H3,(H,15,16). The van der Waals surface area contributed by atoms with Gasteiger partial charge >= 0.3 is 11.7 Å². The second-order valence-corrected chi connectivity index (χ2v) is 4.58. The van der Waals surface area contributed by atoms with E-state index in [1.807, 2.05) is 0 Å². The number of nitrogens with zero attached hydrogens (tertiary/aromatic N) is 2. The van der Waals surface area contributed by atoms with Crippen molar-refractivity contribution in [2.75, 3.05) is 5.32 Å². The number of hydrogen-bond acceptors (Lipinski definition) is 6. The second-order valence-electron chi connectivity index (χ2n) is 4.58. The Morgan fingerprint density at radius 3 is 2.72 bits per heavy atom. The lowest BCUT2D eigenvalue weighted by Crippen LogP contribution is -2.68. The number of fused-ring (bicyclic) bond motifs is 1. The molecule has 3 unspecified atom stereocenters. The van der Waals surface area contributed by atoms with Crippen molar-refractivity contribution in [3.63, 3.8) is 0 Å². The number of carboxylic acid groups (broad SMARTS) is 1. The highest BCUT2D eigenvalue weighted by Crippen LogP contribution is 2.34. The summed E-state index contributed by atoms with van der Waals surface area (Å²) in [5.41, 5.74) is -4.66. The van der Waals surface area contributed by atoms with Crippen LogP contribution in [0.4, 0.5) is 5.82 Å². The van der Waals surface area contributed by atoms with Crippen LogP contribution in [0.15, 0.2) is 17.1 Å². The minimum Gasteiger partial charge on any atom is -0.479 e. The average Bonchev–Trinajstić information content (AvgIpc) is 2.25. The molecule has 2 heterocycles. The zero-order chi connectivity index (χ0) is 13.7. The van der Waals surface area contributed by atoms with Gasteiger partial charge in [-0.1, -0.05) is 0 Å². The molecule has 3 atom stereocenters. The highest BCUT2D eigenvalue weighted by Gasteiger charge is 2.55. The molecule has 98 valence electrons. The summed E-state index contributed by atoms with van der Waals surface area (Å²) in [7, 11) is 0. The minimum atomic E-state index is -2.07. The van der Waals surface area contributed by atoms with Crippen molar-refractivity contribution in [2.24, 2.45) is 0 Å². The normalized spacial score (nSPS) is 34.6. The lowest BCUT2D eigenvalue weighted by molar-refractivity contribution is -0.175. The van der Waals surface area contributed by atoms with Crippen LogP contribution in [0.2, 0.25) is 0 Å². The number of rotatable bonds is 1. The molecule has 1 aromatic rings. The predicted molar refractivity (Wildman–Crippen MR) is 60.0 cm³/mol. The second kappa shape index (κ2) is 3.53. The molecule has 0 aromatic carbocycles. The Morgan fingerprint density at radius 2 is 2.17 bits per heavy atom. The van der Waals surface area contributed by atoms with E-state index in [2.05, 4.69) is 10.3 Å². The van der Waals surface area contributed by atoms with Gasteiger partial charge in [-0.05, 0) is 19.9 Å². The van der Waals surface area contributed by atoms with Crippen LogP contribution < -0.4 is 11.0 Å². The molecule has 0 aliphatic carbocycles. The summed E-state index contributed by atoms with van der Waals surface area (Å²) < 4.78 is 0.822. The molecule has 1 aliphatic heterocycles. The number of hydrogen-bond donors (Lipinski definition) is 4. The van der Waals surface area contributed by atoms with Gasteiger partial charge in [0.1, 0.15) is 11.9 Å². The maximum Gasteiger partial charge on any atom is 0.351 e. The average molecular weight is 255 g/mol. The summed E-state index contributed by atoms with van der Waals surface area (Å²) in [5, 5.41) is 31.9. The minimum absolute atomic E-state index is 0.0789. The van der Waals surface area contributed by atoms with Crippen molar-refractivity contribution in [2.45, 2.75) is 31.2 Å². The van der Waals surface area contributed by atoms with Gasteiger partial charge < -0.3 is 20.6 Å². The van der Waals surface area contributed by atoms with Crippen molar-refractivity contribution in [1.82, 2.24) is 9.55 Å². The molecular formula is C10H13N3O5. The molecule has 1 aromatic heterocycles. The summed E-state index contributed by atoms with van der Waals surface area (Å²) >= 11 is 0. The predicted octanol–water partition coefficient (Wildman–Crippen LogP) is -1.46. The van der Waals surface area contributed by atoms with Crippen LogP contribution in [-0.2, 0) is 10.5 Å². The van der Waals surface area contributed by atoms with E-state index in [0.29, 0.717) is 0 Å². The molecule has 0 bridgehead atoms. The molecule has 0 saturated heterocycles. The fraction of sp³-hybridized carbons (Fsp3) is 0.500. The van der Waals surface area contributed by atoms with E-state index in [1.165, 1.54) is 19.2 Å². The van der Waals surface area contributed by atoms with Crippen LogP contribution in [-0.4, -0.2) is 42.5 Å². The fourth-order valence-electron chi connectivity index (χ4n) is 2.12. The van der Waals surface area contributed by atoms with Gasteiger partial charge in [-0.3, -0.25) is 0 Å². The Morgan fingerprint density at radius 1 is 1.56 bits per heavy atom. The van der Waals surface area contributed by atoms with E-state index >= 15 is 0 Å². The van der Waals surface area contributed by atoms with Crippen LogP contribution in [0, 0.1) is 0 Å². The van der Waals surface area contributed by atoms with E-state index in [4.69, 9.17) is 5.11 Å². The van der Waals surface area contributed by atoms with E-state index in [0.717, 1.165) is 11.5 Å². The van der Waals surface area contributed by atoms with Gasteiger partial charge in [0.2, 0.25) is 0 Å². The molecule has 8 heteroatoms. The molecule has 0 amide bonds. The number of aliphatic hydroxyl groups excluding tert-OH is 1.